The summed E-state index contributed by atoms with van der Waals surface area (Å²) in [5.74, 6) is -0.384. The summed E-state index contributed by atoms with van der Waals surface area (Å²) < 4.78 is 1.83. The standard InChI is InChI=1S/C24H23ClN4O3/c1-3-4-12-29-23(31)18-10-7-16(14-19(18)24(29)32)22(30)27-20(21-26-11-13-28(21)2)15-5-8-17(25)9-6-15/h5-11,13-14,20H,3-4,12H2,1-2H3,(H,27,30). The second-order valence-corrected chi connectivity index (χ2v) is 8.17. The summed E-state index contributed by atoms with van der Waals surface area (Å²) in [5.41, 5.74) is 1.71. The zero-order valence-electron chi connectivity index (χ0n) is 17.8. The van der Waals surface area contributed by atoms with Crippen LogP contribution >= 0.6 is 11.6 Å². The first-order valence-corrected chi connectivity index (χ1v) is 10.8. The van der Waals surface area contributed by atoms with E-state index in [2.05, 4.69) is 10.3 Å². The summed E-state index contributed by atoms with van der Waals surface area (Å²) in [7, 11) is 1.85. The molecule has 1 atom stereocenters. The minimum absolute atomic E-state index is 0.263. The van der Waals surface area contributed by atoms with Gasteiger partial charge in [0, 0.05) is 36.6 Å². The maximum atomic E-state index is 13.2. The van der Waals surface area contributed by atoms with Crippen LogP contribution in [0.2, 0.25) is 5.02 Å². The van der Waals surface area contributed by atoms with Crippen LogP contribution in [-0.4, -0.2) is 38.7 Å². The molecule has 1 aliphatic heterocycles. The third-order valence-corrected chi connectivity index (χ3v) is 5.82. The zero-order chi connectivity index (χ0) is 22.8. The Balaban J connectivity index is 1.62. The first-order valence-electron chi connectivity index (χ1n) is 10.4. The third kappa shape index (κ3) is 4.03. The minimum atomic E-state index is -0.522. The lowest BCUT2D eigenvalue weighted by atomic mass is 10.0. The van der Waals surface area contributed by atoms with Crippen LogP contribution in [0.25, 0.3) is 0 Å². The van der Waals surface area contributed by atoms with Gasteiger partial charge in [-0.25, -0.2) is 4.98 Å². The van der Waals surface area contributed by atoms with Crippen LogP contribution in [-0.2, 0) is 7.05 Å². The maximum absolute atomic E-state index is 13.2. The molecule has 0 bridgehead atoms. The zero-order valence-corrected chi connectivity index (χ0v) is 18.6. The Bertz CT molecular complexity index is 1190. The third-order valence-electron chi connectivity index (χ3n) is 5.56. The highest BCUT2D eigenvalue weighted by Gasteiger charge is 2.35. The minimum Gasteiger partial charge on any atom is -0.338 e. The SMILES string of the molecule is CCCCN1C(=O)c2ccc(C(=O)NC(c3ccc(Cl)cc3)c3nccn3C)cc2C1=O. The maximum Gasteiger partial charge on any atom is 0.261 e. The van der Waals surface area contributed by atoms with Gasteiger partial charge >= 0.3 is 0 Å². The summed E-state index contributed by atoms with van der Waals surface area (Å²) in [6.07, 6.45) is 5.08. The molecule has 0 spiro atoms. The predicted octanol–water partition coefficient (Wildman–Crippen LogP) is 3.99. The Labute approximate surface area is 191 Å². The molecule has 2 heterocycles. The van der Waals surface area contributed by atoms with Crippen molar-refractivity contribution in [1.29, 1.82) is 0 Å². The van der Waals surface area contributed by atoms with E-state index in [-0.39, 0.29) is 23.3 Å². The van der Waals surface area contributed by atoms with Crippen LogP contribution < -0.4 is 5.32 Å². The molecule has 0 radical (unpaired) electrons. The van der Waals surface area contributed by atoms with Crippen LogP contribution in [0, 0.1) is 0 Å². The molecule has 0 fully saturated rings. The van der Waals surface area contributed by atoms with Gasteiger partial charge in [0.15, 0.2) is 0 Å². The molecule has 1 unspecified atom stereocenters. The number of fused-ring (bicyclic) bond motifs is 1. The lowest BCUT2D eigenvalue weighted by molar-refractivity contribution is 0.0652. The van der Waals surface area contributed by atoms with Crippen molar-refractivity contribution in [3.8, 4) is 0 Å². The molecule has 0 saturated heterocycles. The monoisotopic (exact) mass is 450 g/mol. The molecule has 164 valence electrons. The number of hydrogen-bond acceptors (Lipinski definition) is 4. The highest BCUT2D eigenvalue weighted by atomic mass is 35.5. The van der Waals surface area contributed by atoms with E-state index in [0.29, 0.717) is 28.5 Å². The van der Waals surface area contributed by atoms with Crippen molar-refractivity contribution in [3.05, 3.63) is 88.0 Å². The van der Waals surface area contributed by atoms with Crippen LogP contribution in [0.3, 0.4) is 0 Å². The molecule has 1 N–H and O–H groups in total. The van der Waals surface area contributed by atoms with E-state index in [1.54, 1.807) is 36.7 Å². The first-order chi connectivity index (χ1) is 15.4. The summed E-state index contributed by atoms with van der Waals surface area (Å²) in [6, 6.07) is 11.3. The number of carbonyl (C=O) groups is 3. The Kier molecular flexibility index (Phi) is 6.10. The summed E-state index contributed by atoms with van der Waals surface area (Å²) in [6.45, 7) is 2.38. The largest absolute Gasteiger partial charge is 0.338 e. The number of amides is 3. The van der Waals surface area contributed by atoms with Crippen molar-refractivity contribution in [2.75, 3.05) is 6.54 Å². The molecule has 4 rings (SSSR count). The highest BCUT2D eigenvalue weighted by molar-refractivity contribution is 6.30. The molecule has 8 heteroatoms. The highest BCUT2D eigenvalue weighted by Crippen LogP contribution is 2.26. The number of aromatic nitrogens is 2. The number of benzene rings is 2. The van der Waals surface area contributed by atoms with Crippen molar-refractivity contribution in [1.82, 2.24) is 19.8 Å². The van der Waals surface area contributed by atoms with Crippen LogP contribution in [0.5, 0.6) is 0 Å². The molecule has 3 aromatic rings. The van der Waals surface area contributed by atoms with Gasteiger partial charge in [0.1, 0.15) is 11.9 Å². The van der Waals surface area contributed by atoms with E-state index in [1.807, 2.05) is 30.7 Å². The molecular formula is C24H23ClN4O3. The van der Waals surface area contributed by atoms with Gasteiger partial charge in [-0.05, 0) is 42.3 Å². The number of imide groups is 1. The molecule has 32 heavy (non-hydrogen) atoms. The molecule has 0 aliphatic carbocycles. The predicted molar refractivity (Wildman–Crippen MR) is 121 cm³/mol. The number of nitrogens with zero attached hydrogens (tertiary/aromatic N) is 3. The van der Waals surface area contributed by atoms with Crippen molar-refractivity contribution in [2.45, 2.75) is 25.8 Å². The average Bonchev–Trinajstić information content (AvgIpc) is 3.32. The van der Waals surface area contributed by atoms with Crippen molar-refractivity contribution >= 4 is 29.3 Å². The van der Waals surface area contributed by atoms with Crippen LogP contribution in [0.4, 0.5) is 0 Å². The van der Waals surface area contributed by atoms with Gasteiger partial charge in [0.25, 0.3) is 17.7 Å². The number of carbonyl (C=O) groups excluding carboxylic acids is 3. The van der Waals surface area contributed by atoms with Crippen molar-refractivity contribution in [3.63, 3.8) is 0 Å². The number of hydrogen-bond donors (Lipinski definition) is 1. The fourth-order valence-corrected chi connectivity index (χ4v) is 3.90. The quantitative estimate of drug-likeness (QED) is 0.551. The van der Waals surface area contributed by atoms with Gasteiger partial charge in [0.2, 0.25) is 0 Å². The summed E-state index contributed by atoms with van der Waals surface area (Å²) >= 11 is 6.03. The van der Waals surface area contributed by atoms with Crippen molar-refractivity contribution in [2.24, 2.45) is 7.05 Å². The Morgan fingerprint density at radius 3 is 2.47 bits per heavy atom. The van der Waals surface area contributed by atoms with Gasteiger partial charge in [0.05, 0.1) is 11.1 Å². The van der Waals surface area contributed by atoms with Gasteiger partial charge in [-0.2, -0.15) is 0 Å². The number of unbranched alkanes of at least 4 members (excludes halogenated alkanes) is 1. The lowest BCUT2D eigenvalue weighted by Gasteiger charge is -2.19. The van der Waals surface area contributed by atoms with Gasteiger partial charge in [-0.3, -0.25) is 19.3 Å². The Hall–Kier alpha value is -3.45. The number of halogens is 1. The fraction of sp³-hybridized carbons (Fsp3) is 0.250. The van der Waals surface area contributed by atoms with Crippen molar-refractivity contribution < 1.29 is 14.4 Å². The molecule has 3 amide bonds. The molecule has 7 nitrogen and oxygen atoms in total. The first kappa shape index (κ1) is 21.8. The van der Waals surface area contributed by atoms with E-state index in [0.717, 1.165) is 18.4 Å². The number of rotatable bonds is 7. The number of imidazole rings is 1. The van der Waals surface area contributed by atoms with Gasteiger partial charge in [-0.1, -0.05) is 37.1 Å². The Morgan fingerprint density at radius 2 is 1.81 bits per heavy atom. The number of aryl methyl sites for hydroxylation is 1. The second kappa shape index (κ2) is 8.96. The smallest absolute Gasteiger partial charge is 0.261 e. The van der Waals surface area contributed by atoms with E-state index in [9.17, 15) is 14.4 Å². The molecule has 1 aliphatic rings. The fourth-order valence-electron chi connectivity index (χ4n) is 3.77. The normalized spacial score (nSPS) is 13.9. The average molecular weight is 451 g/mol. The second-order valence-electron chi connectivity index (χ2n) is 7.73. The van der Waals surface area contributed by atoms with E-state index >= 15 is 0 Å². The Morgan fingerprint density at radius 1 is 1.09 bits per heavy atom. The summed E-state index contributed by atoms with van der Waals surface area (Å²) in [4.78, 5) is 44.1. The van der Waals surface area contributed by atoms with Gasteiger partial charge in [-0.15, -0.1) is 0 Å². The molecule has 2 aromatic carbocycles. The van der Waals surface area contributed by atoms with Crippen LogP contribution in [0.1, 0.15) is 68.3 Å². The van der Waals surface area contributed by atoms with E-state index in [4.69, 9.17) is 11.6 Å². The van der Waals surface area contributed by atoms with E-state index in [1.165, 1.54) is 11.0 Å². The number of nitrogens with one attached hydrogen (secondary N) is 1. The summed E-state index contributed by atoms with van der Waals surface area (Å²) in [5, 5.41) is 3.59. The van der Waals surface area contributed by atoms with Gasteiger partial charge < -0.3 is 9.88 Å². The topological polar surface area (TPSA) is 84.3 Å². The molecular weight excluding hydrogens is 428 g/mol. The van der Waals surface area contributed by atoms with E-state index < -0.39 is 6.04 Å². The lowest BCUT2D eigenvalue weighted by Crippen LogP contribution is -2.31. The molecule has 0 saturated carbocycles. The molecule has 1 aromatic heterocycles. The van der Waals surface area contributed by atoms with Crippen LogP contribution in [0.15, 0.2) is 54.9 Å².